The van der Waals surface area contributed by atoms with Gasteiger partial charge in [-0.25, -0.2) is 4.98 Å². The summed E-state index contributed by atoms with van der Waals surface area (Å²) in [5.41, 5.74) is 0.586. The number of benzene rings is 1. The van der Waals surface area contributed by atoms with Crippen LogP contribution in [0.1, 0.15) is 39.5 Å². The Labute approximate surface area is 152 Å². The second-order valence-corrected chi connectivity index (χ2v) is 8.22. The maximum Gasteiger partial charge on any atom is 0.261 e. The number of nitrogens with one attached hydrogen (secondary N) is 1. The van der Waals surface area contributed by atoms with Crippen LogP contribution in [0.25, 0.3) is 10.9 Å². The van der Waals surface area contributed by atoms with Crippen molar-refractivity contribution in [1.82, 2.24) is 14.9 Å². The van der Waals surface area contributed by atoms with E-state index in [1.165, 1.54) is 35.6 Å². The largest absolute Gasteiger partial charge is 0.352 e. The van der Waals surface area contributed by atoms with Crippen molar-refractivity contribution in [3.05, 3.63) is 34.6 Å². The number of fused-ring (bicyclic) bond motifs is 1. The van der Waals surface area contributed by atoms with E-state index in [0.717, 1.165) is 6.42 Å². The average Bonchev–Trinajstić information content (AvgIpc) is 2.61. The summed E-state index contributed by atoms with van der Waals surface area (Å²) in [5, 5.41) is 4.06. The molecule has 2 aromatic rings. The van der Waals surface area contributed by atoms with Crippen LogP contribution in [0.5, 0.6) is 0 Å². The maximum atomic E-state index is 12.6. The van der Waals surface area contributed by atoms with Crippen molar-refractivity contribution in [2.45, 2.75) is 56.0 Å². The van der Waals surface area contributed by atoms with Crippen LogP contribution < -0.4 is 10.9 Å². The third-order valence-corrected chi connectivity index (χ3v) is 6.18. The van der Waals surface area contributed by atoms with Crippen LogP contribution in [0.4, 0.5) is 0 Å². The van der Waals surface area contributed by atoms with Crippen LogP contribution in [0.15, 0.2) is 34.2 Å². The zero-order valence-corrected chi connectivity index (χ0v) is 15.8. The Morgan fingerprint density at radius 1 is 1.32 bits per heavy atom. The zero-order valence-electron chi connectivity index (χ0n) is 15.0. The Morgan fingerprint density at radius 2 is 2.04 bits per heavy atom. The Balaban J connectivity index is 1.75. The molecule has 0 spiro atoms. The molecule has 134 valence electrons. The average molecular weight is 359 g/mol. The molecular weight excluding hydrogens is 334 g/mol. The molecule has 6 heteroatoms. The van der Waals surface area contributed by atoms with E-state index in [2.05, 4.69) is 17.2 Å². The molecule has 0 bridgehead atoms. The van der Waals surface area contributed by atoms with Crippen molar-refractivity contribution >= 4 is 28.6 Å². The number of aromatic nitrogens is 2. The monoisotopic (exact) mass is 359 g/mol. The minimum absolute atomic E-state index is 0.0196. The van der Waals surface area contributed by atoms with E-state index < -0.39 is 0 Å². The lowest BCUT2D eigenvalue weighted by molar-refractivity contribution is -0.121. The fourth-order valence-electron chi connectivity index (χ4n) is 3.35. The normalized spacial score (nSPS) is 21.9. The summed E-state index contributed by atoms with van der Waals surface area (Å²) in [6, 6.07) is 7.57. The second-order valence-electron chi connectivity index (χ2n) is 6.91. The van der Waals surface area contributed by atoms with Crippen molar-refractivity contribution in [3.8, 4) is 0 Å². The minimum Gasteiger partial charge on any atom is -0.352 e. The lowest BCUT2D eigenvalue weighted by Crippen LogP contribution is -2.44. The second kappa shape index (κ2) is 7.60. The number of rotatable bonds is 4. The van der Waals surface area contributed by atoms with Gasteiger partial charge in [-0.1, -0.05) is 43.7 Å². The molecule has 25 heavy (non-hydrogen) atoms. The Kier molecular flexibility index (Phi) is 5.47. The van der Waals surface area contributed by atoms with Gasteiger partial charge in [-0.2, -0.15) is 0 Å². The standard InChI is InChI=1S/C19H25N3O2S/c1-12-8-4-6-10-15(12)20-17(23)13(2)25-19-21-16-11-7-5-9-14(16)18(24)22(19)3/h5,7,9,11-13,15H,4,6,8,10H2,1-3H3,(H,20,23)/t12-,13-,15+/m0/s1. The van der Waals surface area contributed by atoms with Gasteiger partial charge in [0.25, 0.3) is 5.56 Å². The number of amides is 1. The van der Waals surface area contributed by atoms with Gasteiger partial charge in [0.05, 0.1) is 16.2 Å². The highest BCUT2D eigenvalue weighted by molar-refractivity contribution is 8.00. The van der Waals surface area contributed by atoms with Gasteiger partial charge in [-0.3, -0.25) is 14.2 Å². The van der Waals surface area contributed by atoms with Crippen LogP contribution in [0, 0.1) is 5.92 Å². The summed E-state index contributed by atoms with van der Waals surface area (Å²) < 4.78 is 1.53. The molecule has 5 nitrogen and oxygen atoms in total. The summed E-state index contributed by atoms with van der Waals surface area (Å²) >= 11 is 1.34. The van der Waals surface area contributed by atoms with Crippen LogP contribution in [0.2, 0.25) is 0 Å². The van der Waals surface area contributed by atoms with Crippen LogP contribution in [-0.2, 0) is 11.8 Å². The van der Waals surface area contributed by atoms with E-state index in [-0.39, 0.29) is 22.8 Å². The first-order valence-corrected chi connectivity index (χ1v) is 9.78. The van der Waals surface area contributed by atoms with E-state index in [1.54, 1.807) is 13.1 Å². The number of hydrogen-bond donors (Lipinski definition) is 1. The first-order valence-electron chi connectivity index (χ1n) is 8.90. The van der Waals surface area contributed by atoms with E-state index in [9.17, 15) is 9.59 Å². The van der Waals surface area contributed by atoms with E-state index in [4.69, 9.17) is 0 Å². The Hall–Kier alpha value is -1.82. The molecule has 1 aliphatic carbocycles. The fourth-order valence-corrected chi connectivity index (χ4v) is 4.23. The van der Waals surface area contributed by atoms with E-state index >= 15 is 0 Å². The molecule has 1 aromatic carbocycles. The highest BCUT2D eigenvalue weighted by atomic mass is 32.2. The molecule has 0 aliphatic heterocycles. The van der Waals surface area contributed by atoms with Gasteiger partial charge in [0, 0.05) is 13.1 Å². The number of thioether (sulfide) groups is 1. The molecule has 3 rings (SSSR count). The molecule has 0 saturated heterocycles. The Morgan fingerprint density at radius 3 is 2.80 bits per heavy atom. The molecule has 0 unspecified atom stereocenters. The summed E-state index contributed by atoms with van der Waals surface area (Å²) in [6.45, 7) is 4.07. The molecule has 1 saturated carbocycles. The van der Waals surface area contributed by atoms with Crippen molar-refractivity contribution in [1.29, 1.82) is 0 Å². The highest BCUT2D eigenvalue weighted by Crippen LogP contribution is 2.26. The van der Waals surface area contributed by atoms with Gasteiger partial charge >= 0.3 is 0 Å². The maximum absolute atomic E-state index is 12.6. The summed E-state index contributed by atoms with van der Waals surface area (Å²) in [5.74, 6) is 0.546. The predicted octanol–water partition coefficient (Wildman–Crippen LogP) is 3.11. The molecule has 0 radical (unpaired) electrons. The van der Waals surface area contributed by atoms with Crippen molar-refractivity contribution < 1.29 is 4.79 Å². The van der Waals surface area contributed by atoms with Crippen LogP contribution in [-0.4, -0.2) is 26.8 Å². The van der Waals surface area contributed by atoms with Crippen molar-refractivity contribution in [2.75, 3.05) is 0 Å². The first-order chi connectivity index (χ1) is 12.0. The van der Waals surface area contributed by atoms with Gasteiger partial charge < -0.3 is 5.32 Å². The van der Waals surface area contributed by atoms with Crippen molar-refractivity contribution in [3.63, 3.8) is 0 Å². The van der Waals surface area contributed by atoms with Gasteiger partial charge in [-0.15, -0.1) is 0 Å². The number of nitrogens with zero attached hydrogens (tertiary/aromatic N) is 2. The molecular formula is C19H25N3O2S. The van der Waals surface area contributed by atoms with Gasteiger partial charge in [0.2, 0.25) is 5.91 Å². The number of carbonyl (C=O) groups is 1. The lowest BCUT2D eigenvalue weighted by atomic mass is 9.86. The third kappa shape index (κ3) is 3.89. The fraction of sp³-hybridized carbons (Fsp3) is 0.526. The molecule has 1 heterocycles. The number of hydrogen-bond acceptors (Lipinski definition) is 4. The van der Waals surface area contributed by atoms with E-state index in [1.807, 2.05) is 25.1 Å². The predicted molar refractivity (Wildman–Crippen MR) is 102 cm³/mol. The summed E-state index contributed by atoms with van der Waals surface area (Å²) in [4.78, 5) is 29.6. The van der Waals surface area contributed by atoms with Crippen LogP contribution >= 0.6 is 11.8 Å². The lowest BCUT2D eigenvalue weighted by Gasteiger charge is -2.30. The van der Waals surface area contributed by atoms with Gasteiger partial charge in [-0.05, 0) is 37.8 Å². The molecule has 1 amide bonds. The number of para-hydroxylation sites is 1. The first kappa shape index (κ1) is 18.0. The van der Waals surface area contributed by atoms with Gasteiger partial charge in [0.1, 0.15) is 0 Å². The minimum atomic E-state index is -0.298. The molecule has 3 atom stereocenters. The smallest absolute Gasteiger partial charge is 0.261 e. The molecule has 1 aliphatic rings. The molecule has 1 aromatic heterocycles. The SMILES string of the molecule is C[C@H](Sc1nc2ccccc2c(=O)n1C)C(=O)N[C@@H]1CCCC[C@@H]1C. The van der Waals surface area contributed by atoms with Crippen molar-refractivity contribution in [2.24, 2.45) is 13.0 Å². The Bertz CT molecular complexity index is 833. The van der Waals surface area contributed by atoms with Crippen LogP contribution in [0.3, 0.4) is 0 Å². The topological polar surface area (TPSA) is 64.0 Å². The van der Waals surface area contributed by atoms with Gasteiger partial charge in [0.15, 0.2) is 5.16 Å². The number of carbonyl (C=O) groups excluding carboxylic acids is 1. The highest BCUT2D eigenvalue weighted by Gasteiger charge is 2.26. The third-order valence-electron chi connectivity index (χ3n) is 5.03. The molecule has 1 N–H and O–H groups in total. The summed E-state index contributed by atoms with van der Waals surface area (Å²) in [6.07, 6.45) is 4.66. The summed E-state index contributed by atoms with van der Waals surface area (Å²) in [7, 11) is 1.71. The molecule has 1 fully saturated rings. The zero-order chi connectivity index (χ0) is 18.0. The van der Waals surface area contributed by atoms with E-state index in [0.29, 0.717) is 22.0 Å². The quantitative estimate of drug-likeness (QED) is 0.673.